The van der Waals surface area contributed by atoms with Crippen LogP contribution in [0, 0.1) is 11.8 Å². The normalized spacial score (nSPS) is 15.2. The highest BCUT2D eigenvalue weighted by atomic mass is 14.8. The van der Waals surface area contributed by atoms with E-state index in [1.807, 2.05) is 13.1 Å². The van der Waals surface area contributed by atoms with Crippen molar-refractivity contribution in [3.8, 4) is 0 Å². The summed E-state index contributed by atoms with van der Waals surface area (Å²) in [6, 6.07) is 8.40. The first-order chi connectivity index (χ1) is 8.65. The molecule has 0 aliphatic rings. The molecule has 2 aromatic rings. The van der Waals surface area contributed by atoms with Gasteiger partial charge in [-0.1, -0.05) is 32.0 Å². The van der Waals surface area contributed by atoms with Crippen LogP contribution in [-0.4, -0.2) is 18.6 Å². The lowest BCUT2D eigenvalue weighted by atomic mass is 9.85. The summed E-state index contributed by atoms with van der Waals surface area (Å²) in [5, 5.41) is 4.49. The molecule has 0 aliphatic carbocycles. The molecule has 0 saturated heterocycles. The van der Waals surface area contributed by atoms with Crippen molar-refractivity contribution in [3.63, 3.8) is 0 Å². The average molecular weight is 245 g/mol. The van der Waals surface area contributed by atoms with Crippen molar-refractivity contribution in [2.24, 2.45) is 17.6 Å². The molecule has 1 heterocycles. The lowest BCUT2D eigenvalue weighted by Crippen LogP contribution is -2.33. The number of para-hydroxylation sites is 1. The largest absolute Gasteiger partial charge is 0.361 e. The van der Waals surface area contributed by atoms with Crippen LogP contribution in [0.25, 0.3) is 10.9 Å². The van der Waals surface area contributed by atoms with Crippen LogP contribution in [0.3, 0.4) is 0 Å². The maximum absolute atomic E-state index is 6.48. The molecule has 0 spiro atoms. The van der Waals surface area contributed by atoms with Crippen molar-refractivity contribution < 1.29 is 0 Å². The summed E-state index contributed by atoms with van der Waals surface area (Å²) in [6.45, 7) is 5.41. The lowest BCUT2D eigenvalue weighted by molar-refractivity contribution is 0.315. The molecule has 0 aliphatic heterocycles. The molecule has 1 aromatic carbocycles. The van der Waals surface area contributed by atoms with Gasteiger partial charge < -0.3 is 16.0 Å². The zero-order valence-electron chi connectivity index (χ0n) is 11.4. The van der Waals surface area contributed by atoms with Crippen molar-refractivity contribution in [3.05, 3.63) is 36.0 Å². The molecule has 0 saturated carbocycles. The molecular weight excluding hydrogens is 222 g/mol. The summed E-state index contributed by atoms with van der Waals surface area (Å²) in [4.78, 5) is 3.30. The standard InChI is InChI=1S/C15H23N3/c1-10(2)12(8-17-3)15(16)13-9-18-14-7-5-4-6-11(13)14/h4-7,9-10,12,15,17-18H,8,16H2,1-3H3. The Morgan fingerprint density at radius 3 is 2.67 bits per heavy atom. The first kappa shape index (κ1) is 13.1. The summed E-state index contributed by atoms with van der Waals surface area (Å²) in [5.74, 6) is 0.996. The minimum absolute atomic E-state index is 0.0635. The van der Waals surface area contributed by atoms with E-state index in [9.17, 15) is 0 Å². The monoisotopic (exact) mass is 245 g/mol. The Bertz CT molecular complexity index is 501. The summed E-state index contributed by atoms with van der Waals surface area (Å²) >= 11 is 0. The molecule has 4 N–H and O–H groups in total. The maximum atomic E-state index is 6.48. The number of hydrogen-bond donors (Lipinski definition) is 3. The molecule has 2 rings (SSSR count). The Hall–Kier alpha value is -1.32. The summed E-state index contributed by atoms with van der Waals surface area (Å²) < 4.78 is 0. The third-order valence-electron chi connectivity index (χ3n) is 3.74. The van der Waals surface area contributed by atoms with Gasteiger partial charge in [0.25, 0.3) is 0 Å². The zero-order valence-corrected chi connectivity index (χ0v) is 11.4. The zero-order chi connectivity index (χ0) is 13.1. The molecule has 18 heavy (non-hydrogen) atoms. The molecular formula is C15H23N3. The van der Waals surface area contributed by atoms with Crippen molar-refractivity contribution >= 4 is 10.9 Å². The summed E-state index contributed by atoms with van der Waals surface area (Å²) in [6.07, 6.45) is 2.06. The van der Waals surface area contributed by atoms with Gasteiger partial charge in [0.15, 0.2) is 0 Å². The van der Waals surface area contributed by atoms with Gasteiger partial charge in [0.05, 0.1) is 0 Å². The summed E-state index contributed by atoms with van der Waals surface area (Å²) in [7, 11) is 1.98. The molecule has 2 unspecified atom stereocenters. The van der Waals surface area contributed by atoms with Crippen molar-refractivity contribution in [1.82, 2.24) is 10.3 Å². The van der Waals surface area contributed by atoms with Crippen LogP contribution >= 0.6 is 0 Å². The number of benzene rings is 1. The van der Waals surface area contributed by atoms with Gasteiger partial charge in [0, 0.05) is 23.1 Å². The number of rotatable bonds is 5. The number of nitrogens with two attached hydrogens (primary N) is 1. The van der Waals surface area contributed by atoms with Gasteiger partial charge in [-0.15, -0.1) is 0 Å². The Morgan fingerprint density at radius 1 is 1.28 bits per heavy atom. The number of aromatic amines is 1. The van der Waals surface area contributed by atoms with E-state index in [-0.39, 0.29) is 6.04 Å². The number of fused-ring (bicyclic) bond motifs is 1. The maximum Gasteiger partial charge on any atom is 0.0457 e. The fourth-order valence-corrected chi connectivity index (χ4v) is 2.61. The Labute approximate surface area is 109 Å². The van der Waals surface area contributed by atoms with E-state index in [0.717, 1.165) is 12.1 Å². The number of nitrogens with one attached hydrogen (secondary N) is 2. The predicted octanol–water partition coefficient (Wildman–Crippen LogP) is 2.66. The molecule has 3 nitrogen and oxygen atoms in total. The van der Waals surface area contributed by atoms with Crippen molar-refractivity contribution in [2.45, 2.75) is 19.9 Å². The number of hydrogen-bond acceptors (Lipinski definition) is 2. The first-order valence-electron chi connectivity index (χ1n) is 6.61. The second kappa shape index (κ2) is 5.55. The van der Waals surface area contributed by atoms with E-state index in [4.69, 9.17) is 5.73 Å². The van der Waals surface area contributed by atoms with Gasteiger partial charge >= 0.3 is 0 Å². The Kier molecular flexibility index (Phi) is 4.04. The SMILES string of the molecule is CNCC(C(C)C)C(N)c1c[nH]c2ccccc12. The Morgan fingerprint density at radius 2 is 2.00 bits per heavy atom. The van der Waals surface area contributed by atoms with Gasteiger partial charge in [0.2, 0.25) is 0 Å². The van der Waals surface area contributed by atoms with Crippen LogP contribution in [0.2, 0.25) is 0 Å². The average Bonchev–Trinajstić information content (AvgIpc) is 2.78. The highest BCUT2D eigenvalue weighted by molar-refractivity contribution is 5.83. The van der Waals surface area contributed by atoms with E-state index in [1.54, 1.807) is 0 Å². The van der Waals surface area contributed by atoms with Crippen molar-refractivity contribution in [1.29, 1.82) is 0 Å². The van der Waals surface area contributed by atoms with Gasteiger partial charge in [-0.25, -0.2) is 0 Å². The molecule has 2 atom stereocenters. The van der Waals surface area contributed by atoms with Gasteiger partial charge in [-0.05, 0) is 37.1 Å². The summed E-state index contributed by atoms with van der Waals surface area (Å²) in [5.41, 5.74) is 8.86. The second-order valence-electron chi connectivity index (χ2n) is 5.28. The van der Waals surface area contributed by atoms with Crippen LogP contribution in [-0.2, 0) is 0 Å². The van der Waals surface area contributed by atoms with Crippen LogP contribution < -0.4 is 11.1 Å². The van der Waals surface area contributed by atoms with E-state index < -0.39 is 0 Å². The highest BCUT2D eigenvalue weighted by Gasteiger charge is 2.24. The minimum atomic E-state index is 0.0635. The van der Waals surface area contributed by atoms with Crippen molar-refractivity contribution in [2.75, 3.05) is 13.6 Å². The molecule has 98 valence electrons. The van der Waals surface area contributed by atoms with Crippen LogP contribution in [0.4, 0.5) is 0 Å². The quantitative estimate of drug-likeness (QED) is 0.758. The topological polar surface area (TPSA) is 53.8 Å². The van der Waals surface area contributed by atoms with E-state index >= 15 is 0 Å². The third-order valence-corrected chi connectivity index (χ3v) is 3.74. The third kappa shape index (κ3) is 2.42. The first-order valence-corrected chi connectivity index (χ1v) is 6.61. The van der Waals surface area contributed by atoms with E-state index in [2.05, 4.69) is 48.5 Å². The number of H-pyrrole nitrogens is 1. The molecule has 3 heteroatoms. The Balaban J connectivity index is 2.34. The van der Waals surface area contributed by atoms with E-state index in [0.29, 0.717) is 11.8 Å². The molecule has 0 radical (unpaired) electrons. The minimum Gasteiger partial charge on any atom is -0.361 e. The molecule has 0 bridgehead atoms. The molecule has 1 aromatic heterocycles. The second-order valence-corrected chi connectivity index (χ2v) is 5.28. The smallest absolute Gasteiger partial charge is 0.0457 e. The van der Waals surface area contributed by atoms with Gasteiger partial charge in [-0.2, -0.15) is 0 Å². The lowest BCUT2D eigenvalue weighted by Gasteiger charge is -2.27. The fourth-order valence-electron chi connectivity index (χ4n) is 2.61. The fraction of sp³-hybridized carbons (Fsp3) is 0.467. The van der Waals surface area contributed by atoms with Gasteiger partial charge in [0.1, 0.15) is 0 Å². The van der Waals surface area contributed by atoms with E-state index in [1.165, 1.54) is 10.9 Å². The number of aromatic nitrogens is 1. The predicted molar refractivity (Wildman–Crippen MR) is 77.5 cm³/mol. The van der Waals surface area contributed by atoms with Crippen LogP contribution in [0.5, 0.6) is 0 Å². The van der Waals surface area contributed by atoms with Crippen LogP contribution in [0.1, 0.15) is 25.5 Å². The van der Waals surface area contributed by atoms with Gasteiger partial charge in [-0.3, -0.25) is 0 Å². The van der Waals surface area contributed by atoms with Crippen LogP contribution in [0.15, 0.2) is 30.5 Å². The molecule has 0 amide bonds. The molecule has 0 fully saturated rings. The highest BCUT2D eigenvalue weighted by Crippen LogP contribution is 2.30.